The lowest BCUT2D eigenvalue weighted by molar-refractivity contribution is -0.144. The first-order valence-electron chi connectivity index (χ1n) is 8.40. The Morgan fingerprint density at radius 1 is 1.50 bits per heavy atom. The number of epoxide rings is 1. The van der Waals surface area contributed by atoms with Crippen LogP contribution in [-0.4, -0.2) is 48.6 Å². The van der Waals surface area contributed by atoms with Gasteiger partial charge in [0, 0.05) is 19.0 Å². The second kappa shape index (κ2) is 6.30. The van der Waals surface area contributed by atoms with E-state index >= 15 is 0 Å². The minimum atomic E-state index is -0.134. The van der Waals surface area contributed by atoms with E-state index in [1.807, 2.05) is 0 Å². The van der Waals surface area contributed by atoms with Gasteiger partial charge in [-0.3, -0.25) is 4.79 Å². The van der Waals surface area contributed by atoms with Gasteiger partial charge in [-0.15, -0.1) is 0 Å². The standard InChI is InChI=1S/C17H27NO4/c1-11-4-3-7-17(2)15(22-17)14-12(6-5-11)13(16(20)21-14)10-18-8-9-19/h4,12-15,18-19H,3,5-10H2,1-2H3/t12-,13-,14-,15-,17+/m0/s1. The van der Waals surface area contributed by atoms with Crippen LogP contribution >= 0.6 is 0 Å². The molecule has 0 radical (unpaired) electrons. The third kappa shape index (κ3) is 3.07. The molecule has 2 saturated heterocycles. The van der Waals surface area contributed by atoms with E-state index in [1.165, 1.54) is 5.57 Å². The first-order valence-corrected chi connectivity index (χ1v) is 8.40. The molecule has 2 fully saturated rings. The number of rotatable bonds is 4. The largest absolute Gasteiger partial charge is 0.459 e. The lowest BCUT2D eigenvalue weighted by atomic mass is 9.80. The molecule has 5 atom stereocenters. The lowest BCUT2D eigenvalue weighted by Gasteiger charge is -2.22. The fourth-order valence-corrected chi connectivity index (χ4v) is 3.91. The van der Waals surface area contributed by atoms with Crippen molar-refractivity contribution >= 4 is 5.97 Å². The fourth-order valence-electron chi connectivity index (χ4n) is 3.91. The Balaban J connectivity index is 1.75. The molecule has 0 saturated carbocycles. The Labute approximate surface area is 132 Å². The second-order valence-electron chi connectivity index (χ2n) is 7.08. The topological polar surface area (TPSA) is 71.1 Å². The molecule has 3 aliphatic rings. The molecule has 5 nitrogen and oxygen atoms in total. The molecule has 0 aromatic carbocycles. The Bertz CT molecular complexity index is 464. The molecule has 2 heterocycles. The summed E-state index contributed by atoms with van der Waals surface area (Å²) in [5, 5.41) is 12.0. The van der Waals surface area contributed by atoms with Gasteiger partial charge in [-0.25, -0.2) is 0 Å². The molecule has 124 valence electrons. The van der Waals surface area contributed by atoms with Crippen molar-refractivity contribution in [2.75, 3.05) is 19.7 Å². The maximum atomic E-state index is 12.3. The van der Waals surface area contributed by atoms with Gasteiger partial charge in [0.1, 0.15) is 12.2 Å². The number of aliphatic hydroxyl groups is 1. The summed E-state index contributed by atoms with van der Waals surface area (Å²) in [6.45, 7) is 5.47. The van der Waals surface area contributed by atoms with Gasteiger partial charge in [0.15, 0.2) is 0 Å². The highest BCUT2D eigenvalue weighted by atomic mass is 16.6. The van der Waals surface area contributed by atoms with Crippen LogP contribution in [0.2, 0.25) is 0 Å². The summed E-state index contributed by atoms with van der Waals surface area (Å²) < 4.78 is 11.6. The number of fused-ring (bicyclic) bond motifs is 3. The summed E-state index contributed by atoms with van der Waals surface area (Å²) in [6, 6.07) is 0. The molecular formula is C17H27NO4. The lowest BCUT2D eigenvalue weighted by Crippen LogP contribution is -2.35. The molecule has 2 N–H and O–H groups in total. The summed E-state index contributed by atoms with van der Waals surface area (Å²) in [7, 11) is 0. The highest BCUT2D eigenvalue weighted by Gasteiger charge is 2.62. The van der Waals surface area contributed by atoms with Crippen LogP contribution in [0.25, 0.3) is 0 Å². The number of hydrogen-bond acceptors (Lipinski definition) is 5. The van der Waals surface area contributed by atoms with Gasteiger partial charge < -0.3 is 19.9 Å². The third-order valence-electron chi connectivity index (χ3n) is 5.39. The van der Waals surface area contributed by atoms with Crippen LogP contribution in [0.4, 0.5) is 0 Å². The number of esters is 1. The average Bonchev–Trinajstić information content (AvgIpc) is 3.04. The molecule has 5 heteroatoms. The molecule has 3 rings (SSSR count). The maximum Gasteiger partial charge on any atom is 0.311 e. The molecule has 0 aromatic rings. The van der Waals surface area contributed by atoms with E-state index in [0.29, 0.717) is 13.1 Å². The minimum absolute atomic E-state index is 0.0519. The number of ether oxygens (including phenoxy) is 2. The summed E-state index contributed by atoms with van der Waals surface area (Å²) in [6.07, 6.45) is 6.24. The molecule has 0 bridgehead atoms. The minimum Gasteiger partial charge on any atom is -0.459 e. The quantitative estimate of drug-likeness (QED) is 0.355. The number of carbonyl (C=O) groups excluding carboxylic acids is 1. The van der Waals surface area contributed by atoms with E-state index in [-0.39, 0.29) is 42.2 Å². The van der Waals surface area contributed by atoms with Crippen molar-refractivity contribution in [2.45, 2.75) is 57.3 Å². The molecule has 0 amide bonds. The number of carbonyl (C=O) groups is 1. The Hall–Kier alpha value is -0.910. The van der Waals surface area contributed by atoms with Crippen molar-refractivity contribution in [1.29, 1.82) is 0 Å². The third-order valence-corrected chi connectivity index (χ3v) is 5.39. The fraction of sp³-hybridized carbons (Fsp3) is 0.824. The summed E-state index contributed by atoms with van der Waals surface area (Å²) in [5.74, 6) is -0.0386. The van der Waals surface area contributed by atoms with Gasteiger partial charge in [0.05, 0.1) is 18.1 Å². The van der Waals surface area contributed by atoms with Gasteiger partial charge in [-0.1, -0.05) is 11.6 Å². The van der Waals surface area contributed by atoms with Crippen LogP contribution in [0.15, 0.2) is 11.6 Å². The molecule has 22 heavy (non-hydrogen) atoms. The Morgan fingerprint density at radius 3 is 3.09 bits per heavy atom. The summed E-state index contributed by atoms with van der Waals surface area (Å²) in [4.78, 5) is 12.3. The van der Waals surface area contributed by atoms with Crippen LogP contribution in [0.1, 0.15) is 39.5 Å². The molecule has 1 aliphatic carbocycles. The van der Waals surface area contributed by atoms with E-state index < -0.39 is 0 Å². The average molecular weight is 309 g/mol. The van der Waals surface area contributed by atoms with Crippen molar-refractivity contribution in [3.8, 4) is 0 Å². The van der Waals surface area contributed by atoms with E-state index in [2.05, 4.69) is 25.2 Å². The van der Waals surface area contributed by atoms with E-state index in [9.17, 15) is 4.79 Å². The normalized spacial score (nSPS) is 41.2. The number of allylic oxidation sites excluding steroid dienone is 2. The Morgan fingerprint density at radius 2 is 2.32 bits per heavy atom. The molecular weight excluding hydrogens is 282 g/mol. The summed E-state index contributed by atoms with van der Waals surface area (Å²) >= 11 is 0. The van der Waals surface area contributed by atoms with Gasteiger partial charge >= 0.3 is 5.97 Å². The van der Waals surface area contributed by atoms with Crippen molar-refractivity contribution < 1.29 is 19.4 Å². The van der Waals surface area contributed by atoms with Crippen molar-refractivity contribution in [1.82, 2.24) is 5.32 Å². The zero-order valence-corrected chi connectivity index (χ0v) is 13.5. The number of nitrogens with one attached hydrogen (secondary N) is 1. The SMILES string of the molecule is CC1=CCC[C@@]2(C)O[C@H]2[C@H]2OC(=O)[C@@H](CNCCO)[C@@H]2CC1. The molecule has 2 aliphatic heterocycles. The molecule has 0 unspecified atom stereocenters. The summed E-state index contributed by atoms with van der Waals surface area (Å²) in [5.41, 5.74) is 1.26. The predicted molar refractivity (Wildman–Crippen MR) is 82.3 cm³/mol. The number of hydrogen-bond donors (Lipinski definition) is 2. The monoisotopic (exact) mass is 309 g/mol. The molecule has 0 aromatic heterocycles. The van der Waals surface area contributed by atoms with E-state index in [1.54, 1.807) is 0 Å². The van der Waals surface area contributed by atoms with Crippen LogP contribution in [0.3, 0.4) is 0 Å². The predicted octanol–water partition coefficient (Wildman–Crippen LogP) is 1.40. The van der Waals surface area contributed by atoms with Gasteiger partial charge in [-0.2, -0.15) is 0 Å². The van der Waals surface area contributed by atoms with Crippen LogP contribution < -0.4 is 5.32 Å². The van der Waals surface area contributed by atoms with Crippen LogP contribution in [-0.2, 0) is 14.3 Å². The highest BCUT2D eigenvalue weighted by molar-refractivity contribution is 5.75. The first kappa shape index (κ1) is 16.0. The molecule has 0 spiro atoms. The van der Waals surface area contributed by atoms with Crippen LogP contribution in [0.5, 0.6) is 0 Å². The van der Waals surface area contributed by atoms with Crippen molar-refractivity contribution in [3.05, 3.63) is 11.6 Å². The zero-order valence-electron chi connectivity index (χ0n) is 13.5. The van der Waals surface area contributed by atoms with Crippen LogP contribution in [0, 0.1) is 11.8 Å². The second-order valence-corrected chi connectivity index (χ2v) is 7.08. The maximum absolute atomic E-state index is 12.3. The van der Waals surface area contributed by atoms with Crippen molar-refractivity contribution in [2.24, 2.45) is 11.8 Å². The number of aliphatic hydroxyl groups excluding tert-OH is 1. The first-order chi connectivity index (χ1) is 10.5. The Kier molecular flexibility index (Phi) is 4.57. The smallest absolute Gasteiger partial charge is 0.311 e. The van der Waals surface area contributed by atoms with Crippen molar-refractivity contribution in [3.63, 3.8) is 0 Å². The zero-order chi connectivity index (χ0) is 15.7. The van der Waals surface area contributed by atoms with Gasteiger partial charge in [-0.05, 0) is 39.5 Å². The van der Waals surface area contributed by atoms with E-state index in [0.717, 1.165) is 25.7 Å². The van der Waals surface area contributed by atoms with E-state index in [4.69, 9.17) is 14.6 Å². The van der Waals surface area contributed by atoms with Gasteiger partial charge in [0.25, 0.3) is 0 Å². The van der Waals surface area contributed by atoms with Gasteiger partial charge in [0.2, 0.25) is 0 Å². The highest BCUT2D eigenvalue weighted by Crippen LogP contribution is 2.50.